The standard InChI is InChI=1S/C13H19BrN2O2S/c1-5-19-11(8(2)3)12(17)15-9-6-10(14)13(18)16(4)7-9/h6-8,11H,5H2,1-4H3,(H,15,17)/t11-/m0/s1. The first kappa shape index (κ1) is 16.3. The van der Waals surface area contributed by atoms with Crippen molar-refractivity contribution in [3.63, 3.8) is 0 Å². The molecule has 1 N–H and O–H groups in total. The lowest BCUT2D eigenvalue weighted by Crippen LogP contribution is -2.30. The van der Waals surface area contributed by atoms with Crippen LogP contribution in [-0.4, -0.2) is 21.5 Å². The van der Waals surface area contributed by atoms with Gasteiger partial charge in [-0.15, -0.1) is 11.8 Å². The Morgan fingerprint density at radius 2 is 2.16 bits per heavy atom. The van der Waals surface area contributed by atoms with Crippen LogP contribution in [0.15, 0.2) is 21.5 Å². The minimum absolute atomic E-state index is 0.0209. The van der Waals surface area contributed by atoms with E-state index in [1.807, 2.05) is 20.8 Å². The van der Waals surface area contributed by atoms with Crippen LogP contribution < -0.4 is 10.9 Å². The number of aryl methyl sites for hydroxylation is 1. The maximum absolute atomic E-state index is 12.2. The molecule has 1 atom stereocenters. The molecule has 0 saturated carbocycles. The van der Waals surface area contributed by atoms with E-state index in [9.17, 15) is 9.59 Å². The Bertz CT molecular complexity index is 488. The number of carbonyl (C=O) groups excluding carboxylic acids is 1. The summed E-state index contributed by atoms with van der Waals surface area (Å²) in [5.74, 6) is 1.14. The fourth-order valence-corrected chi connectivity index (χ4v) is 3.18. The molecule has 6 heteroatoms. The van der Waals surface area contributed by atoms with Gasteiger partial charge in [-0.25, -0.2) is 0 Å². The maximum Gasteiger partial charge on any atom is 0.264 e. The zero-order chi connectivity index (χ0) is 14.6. The van der Waals surface area contributed by atoms with E-state index in [1.54, 1.807) is 31.1 Å². The van der Waals surface area contributed by atoms with Crippen LogP contribution >= 0.6 is 27.7 Å². The van der Waals surface area contributed by atoms with Crippen LogP contribution in [0.4, 0.5) is 5.69 Å². The molecular weight excluding hydrogens is 328 g/mol. The fourth-order valence-electron chi connectivity index (χ4n) is 1.70. The number of anilines is 1. The molecule has 1 rings (SSSR count). The third-order valence-corrected chi connectivity index (χ3v) is 4.64. The quantitative estimate of drug-likeness (QED) is 0.891. The molecule has 0 spiro atoms. The molecule has 0 fully saturated rings. The van der Waals surface area contributed by atoms with Crippen molar-refractivity contribution in [1.29, 1.82) is 0 Å². The summed E-state index contributed by atoms with van der Waals surface area (Å²) in [5, 5.41) is 2.79. The molecule has 0 aromatic carbocycles. The molecule has 1 heterocycles. The first-order chi connectivity index (χ1) is 8.86. The monoisotopic (exact) mass is 346 g/mol. The molecule has 1 aromatic rings. The van der Waals surface area contributed by atoms with Gasteiger partial charge < -0.3 is 9.88 Å². The average molecular weight is 347 g/mol. The number of rotatable bonds is 5. The Kier molecular flexibility index (Phi) is 6.13. The number of pyridine rings is 1. The number of carbonyl (C=O) groups is 1. The van der Waals surface area contributed by atoms with Crippen molar-refractivity contribution >= 4 is 39.3 Å². The van der Waals surface area contributed by atoms with Crippen molar-refractivity contribution in [2.24, 2.45) is 13.0 Å². The van der Waals surface area contributed by atoms with Crippen LogP contribution in [0.3, 0.4) is 0 Å². The molecule has 106 valence electrons. The van der Waals surface area contributed by atoms with Gasteiger partial charge >= 0.3 is 0 Å². The molecule has 0 aliphatic rings. The molecule has 0 aliphatic heterocycles. The minimum atomic E-state index is -0.124. The SMILES string of the molecule is CCS[C@H](C(=O)Nc1cc(Br)c(=O)n(C)c1)C(C)C. The molecule has 0 unspecified atom stereocenters. The molecule has 1 amide bonds. The number of halogens is 1. The van der Waals surface area contributed by atoms with Gasteiger partial charge in [-0.2, -0.15) is 0 Å². The van der Waals surface area contributed by atoms with Crippen LogP contribution in [-0.2, 0) is 11.8 Å². The Balaban J connectivity index is 2.89. The van der Waals surface area contributed by atoms with E-state index in [4.69, 9.17) is 0 Å². The van der Waals surface area contributed by atoms with E-state index >= 15 is 0 Å². The van der Waals surface area contributed by atoms with Gasteiger partial charge in [-0.05, 0) is 33.7 Å². The number of amides is 1. The number of nitrogens with one attached hydrogen (secondary N) is 1. The van der Waals surface area contributed by atoms with Gasteiger partial charge in [0.05, 0.1) is 15.4 Å². The summed E-state index contributed by atoms with van der Waals surface area (Å²) < 4.78 is 1.88. The zero-order valence-corrected chi connectivity index (χ0v) is 14.0. The lowest BCUT2D eigenvalue weighted by Gasteiger charge is -2.19. The summed E-state index contributed by atoms with van der Waals surface area (Å²) >= 11 is 4.82. The number of hydrogen-bond donors (Lipinski definition) is 1. The Morgan fingerprint density at radius 3 is 2.63 bits per heavy atom. The maximum atomic E-state index is 12.2. The second kappa shape index (κ2) is 7.14. The van der Waals surface area contributed by atoms with Crippen LogP contribution in [0, 0.1) is 5.92 Å². The van der Waals surface area contributed by atoms with Crippen molar-refractivity contribution in [2.75, 3.05) is 11.1 Å². The molecule has 1 aromatic heterocycles. The molecule has 0 saturated heterocycles. The Hall–Kier alpha value is -0.750. The summed E-state index contributed by atoms with van der Waals surface area (Å²) in [6.45, 7) is 6.10. The minimum Gasteiger partial charge on any atom is -0.324 e. The first-order valence-corrected chi connectivity index (χ1v) is 7.99. The Labute approximate surface area is 126 Å². The predicted octanol–water partition coefficient (Wildman–Crippen LogP) is 2.86. The topological polar surface area (TPSA) is 51.1 Å². The summed E-state index contributed by atoms with van der Waals surface area (Å²) in [5.41, 5.74) is 0.502. The second-order valence-corrected chi connectivity index (χ2v) is 6.87. The van der Waals surface area contributed by atoms with Crippen molar-refractivity contribution < 1.29 is 4.79 Å². The van der Waals surface area contributed by atoms with Crippen molar-refractivity contribution in [1.82, 2.24) is 4.57 Å². The fraction of sp³-hybridized carbons (Fsp3) is 0.538. The largest absolute Gasteiger partial charge is 0.324 e. The molecule has 4 nitrogen and oxygen atoms in total. The van der Waals surface area contributed by atoms with Crippen molar-refractivity contribution in [3.05, 3.63) is 27.1 Å². The van der Waals surface area contributed by atoms with E-state index in [1.165, 1.54) is 4.57 Å². The highest BCUT2D eigenvalue weighted by molar-refractivity contribution is 9.10. The average Bonchev–Trinajstić information content (AvgIpc) is 2.32. The van der Waals surface area contributed by atoms with Crippen LogP contribution in [0.2, 0.25) is 0 Å². The highest BCUT2D eigenvalue weighted by Gasteiger charge is 2.22. The number of aromatic nitrogens is 1. The van der Waals surface area contributed by atoms with E-state index in [0.717, 1.165) is 5.75 Å². The lowest BCUT2D eigenvalue weighted by molar-refractivity contribution is -0.116. The third-order valence-electron chi connectivity index (χ3n) is 2.62. The molecule has 0 radical (unpaired) electrons. The van der Waals surface area contributed by atoms with E-state index < -0.39 is 0 Å². The van der Waals surface area contributed by atoms with Crippen LogP contribution in [0.5, 0.6) is 0 Å². The third kappa shape index (κ3) is 4.38. The number of thioether (sulfide) groups is 1. The zero-order valence-electron chi connectivity index (χ0n) is 11.6. The van der Waals surface area contributed by atoms with Crippen molar-refractivity contribution in [2.45, 2.75) is 26.0 Å². The van der Waals surface area contributed by atoms with Gasteiger partial charge in [0.1, 0.15) is 0 Å². The van der Waals surface area contributed by atoms with Crippen LogP contribution in [0.25, 0.3) is 0 Å². The number of nitrogens with zero attached hydrogens (tertiary/aromatic N) is 1. The van der Waals surface area contributed by atoms with E-state index in [2.05, 4.69) is 21.2 Å². The summed E-state index contributed by atoms with van der Waals surface area (Å²) in [6.07, 6.45) is 1.62. The summed E-state index contributed by atoms with van der Waals surface area (Å²) in [7, 11) is 1.66. The molecule has 0 aliphatic carbocycles. The molecule has 0 bridgehead atoms. The highest BCUT2D eigenvalue weighted by Crippen LogP contribution is 2.21. The smallest absolute Gasteiger partial charge is 0.264 e. The first-order valence-electron chi connectivity index (χ1n) is 6.15. The van der Waals surface area contributed by atoms with Gasteiger partial charge in [-0.3, -0.25) is 9.59 Å². The predicted molar refractivity (Wildman–Crippen MR) is 84.8 cm³/mol. The van der Waals surface area contributed by atoms with E-state index in [-0.39, 0.29) is 22.6 Å². The van der Waals surface area contributed by atoms with Crippen LogP contribution in [0.1, 0.15) is 20.8 Å². The summed E-state index contributed by atoms with van der Waals surface area (Å²) in [4.78, 5) is 23.8. The van der Waals surface area contributed by atoms with Gasteiger partial charge in [0.25, 0.3) is 5.56 Å². The van der Waals surface area contributed by atoms with Gasteiger partial charge in [0, 0.05) is 13.2 Å². The summed E-state index contributed by atoms with van der Waals surface area (Å²) in [6, 6.07) is 1.63. The lowest BCUT2D eigenvalue weighted by atomic mass is 10.1. The second-order valence-electron chi connectivity index (χ2n) is 4.60. The molecule has 19 heavy (non-hydrogen) atoms. The molecular formula is C13H19BrN2O2S. The van der Waals surface area contributed by atoms with Gasteiger partial charge in [0.2, 0.25) is 5.91 Å². The normalized spacial score (nSPS) is 12.5. The van der Waals surface area contributed by atoms with Gasteiger partial charge in [-0.1, -0.05) is 20.8 Å². The van der Waals surface area contributed by atoms with Gasteiger partial charge in [0.15, 0.2) is 0 Å². The van der Waals surface area contributed by atoms with Crippen molar-refractivity contribution in [3.8, 4) is 0 Å². The number of hydrogen-bond acceptors (Lipinski definition) is 3. The van der Waals surface area contributed by atoms with E-state index in [0.29, 0.717) is 10.2 Å². The highest BCUT2D eigenvalue weighted by atomic mass is 79.9. The Morgan fingerprint density at radius 1 is 1.53 bits per heavy atom.